The summed E-state index contributed by atoms with van der Waals surface area (Å²) in [7, 11) is 0. The van der Waals surface area contributed by atoms with Gasteiger partial charge >= 0.3 is 0 Å². The van der Waals surface area contributed by atoms with Gasteiger partial charge in [0, 0.05) is 6.42 Å². The molecule has 3 nitrogen and oxygen atoms in total. The largest absolute Gasteiger partial charge is 0.493 e. The van der Waals surface area contributed by atoms with Crippen molar-refractivity contribution in [1.82, 2.24) is 0 Å². The number of benzene rings is 2. The minimum absolute atomic E-state index is 0.126. The first-order valence-corrected chi connectivity index (χ1v) is 7.24. The number of ketones is 1. The summed E-state index contributed by atoms with van der Waals surface area (Å²) in [5, 5.41) is 0. The summed E-state index contributed by atoms with van der Waals surface area (Å²) in [6.07, 6.45) is 1.39. The highest BCUT2D eigenvalue weighted by molar-refractivity contribution is 5.81. The van der Waals surface area contributed by atoms with Crippen molar-refractivity contribution >= 4 is 5.78 Å². The standard InChI is InChI=1S/C18H18O3/c19-15(13-21-16-6-2-1-3-7-16)12-14-10-11-20-18-9-5-4-8-17(14)18/h1-9,14H,10-13H2. The molecule has 0 N–H and O–H groups in total. The summed E-state index contributed by atoms with van der Waals surface area (Å²) in [4.78, 5) is 12.1. The van der Waals surface area contributed by atoms with E-state index in [1.165, 1.54) is 0 Å². The lowest BCUT2D eigenvalue weighted by atomic mass is 9.89. The van der Waals surface area contributed by atoms with Gasteiger partial charge in [-0.1, -0.05) is 36.4 Å². The Morgan fingerprint density at radius 2 is 1.86 bits per heavy atom. The predicted molar refractivity (Wildman–Crippen MR) is 80.9 cm³/mol. The highest BCUT2D eigenvalue weighted by Gasteiger charge is 2.23. The van der Waals surface area contributed by atoms with Crippen LogP contribution in [0.3, 0.4) is 0 Å². The molecule has 2 aromatic carbocycles. The summed E-state index contributed by atoms with van der Waals surface area (Å²) in [5.41, 5.74) is 1.14. The third kappa shape index (κ3) is 3.43. The maximum Gasteiger partial charge on any atom is 0.170 e. The number of ether oxygens (including phenoxy) is 2. The van der Waals surface area contributed by atoms with E-state index < -0.39 is 0 Å². The van der Waals surface area contributed by atoms with E-state index in [9.17, 15) is 4.79 Å². The Morgan fingerprint density at radius 3 is 2.71 bits per heavy atom. The molecule has 21 heavy (non-hydrogen) atoms. The van der Waals surface area contributed by atoms with Crippen molar-refractivity contribution in [2.45, 2.75) is 18.8 Å². The number of hydrogen-bond acceptors (Lipinski definition) is 3. The van der Waals surface area contributed by atoms with E-state index in [2.05, 4.69) is 0 Å². The summed E-state index contributed by atoms with van der Waals surface area (Å²) < 4.78 is 11.1. The molecule has 1 unspecified atom stereocenters. The molecule has 0 aromatic heterocycles. The summed E-state index contributed by atoms with van der Waals surface area (Å²) in [6, 6.07) is 17.4. The summed E-state index contributed by atoms with van der Waals surface area (Å²) >= 11 is 0. The summed E-state index contributed by atoms with van der Waals surface area (Å²) in [5.74, 6) is 2.01. The zero-order chi connectivity index (χ0) is 14.5. The Morgan fingerprint density at radius 1 is 1.10 bits per heavy atom. The van der Waals surface area contributed by atoms with E-state index in [0.717, 1.165) is 23.5 Å². The molecule has 1 aliphatic heterocycles. The monoisotopic (exact) mass is 282 g/mol. The smallest absolute Gasteiger partial charge is 0.170 e. The van der Waals surface area contributed by atoms with Crippen molar-refractivity contribution in [3.8, 4) is 11.5 Å². The van der Waals surface area contributed by atoms with Crippen molar-refractivity contribution in [2.75, 3.05) is 13.2 Å². The first kappa shape index (κ1) is 13.7. The first-order valence-electron chi connectivity index (χ1n) is 7.24. The Bertz CT molecular complexity index is 607. The average Bonchev–Trinajstić information content (AvgIpc) is 2.54. The number of para-hydroxylation sites is 2. The van der Waals surface area contributed by atoms with Crippen LogP contribution < -0.4 is 9.47 Å². The molecule has 0 fully saturated rings. The van der Waals surface area contributed by atoms with E-state index in [1.807, 2.05) is 54.6 Å². The molecule has 1 atom stereocenters. The van der Waals surface area contributed by atoms with Crippen LogP contribution in [0.15, 0.2) is 54.6 Å². The Labute approximate surface area is 124 Å². The van der Waals surface area contributed by atoms with E-state index in [0.29, 0.717) is 13.0 Å². The topological polar surface area (TPSA) is 35.5 Å². The molecule has 2 aromatic rings. The maximum absolute atomic E-state index is 12.1. The second kappa shape index (κ2) is 6.44. The average molecular weight is 282 g/mol. The number of carbonyl (C=O) groups excluding carboxylic acids is 1. The highest BCUT2D eigenvalue weighted by Crippen LogP contribution is 2.35. The third-order valence-electron chi connectivity index (χ3n) is 3.70. The molecule has 0 radical (unpaired) electrons. The number of Topliss-reactive ketones (excluding diaryl/α,β-unsaturated/α-hetero) is 1. The lowest BCUT2D eigenvalue weighted by Gasteiger charge is -2.25. The zero-order valence-electron chi connectivity index (χ0n) is 11.8. The number of carbonyl (C=O) groups is 1. The molecule has 0 saturated heterocycles. The van der Waals surface area contributed by atoms with Crippen LogP contribution in [0.2, 0.25) is 0 Å². The normalized spacial score (nSPS) is 16.7. The van der Waals surface area contributed by atoms with Crippen molar-refractivity contribution < 1.29 is 14.3 Å². The van der Waals surface area contributed by atoms with Crippen LogP contribution in [0.1, 0.15) is 24.3 Å². The molecule has 1 heterocycles. The third-order valence-corrected chi connectivity index (χ3v) is 3.70. The van der Waals surface area contributed by atoms with Crippen molar-refractivity contribution in [3.05, 3.63) is 60.2 Å². The van der Waals surface area contributed by atoms with Gasteiger partial charge in [-0.2, -0.15) is 0 Å². The van der Waals surface area contributed by atoms with Gasteiger partial charge < -0.3 is 9.47 Å². The van der Waals surface area contributed by atoms with E-state index >= 15 is 0 Å². The molecule has 0 bridgehead atoms. The van der Waals surface area contributed by atoms with Crippen molar-refractivity contribution in [3.63, 3.8) is 0 Å². The van der Waals surface area contributed by atoms with Crippen LogP contribution in [0.5, 0.6) is 11.5 Å². The lowest BCUT2D eigenvalue weighted by Crippen LogP contribution is -2.20. The Balaban J connectivity index is 1.58. The van der Waals surface area contributed by atoms with Crippen LogP contribution in [0.25, 0.3) is 0 Å². The molecule has 0 saturated carbocycles. The van der Waals surface area contributed by atoms with Gasteiger partial charge in [-0.3, -0.25) is 4.79 Å². The molecule has 1 aliphatic rings. The molecule has 3 rings (SSSR count). The minimum Gasteiger partial charge on any atom is -0.493 e. The Hall–Kier alpha value is -2.29. The van der Waals surface area contributed by atoms with Gasteiger partial charge in [0.15, 0.2) is 5.78 Å². The van der Waals surface area contributed by atoms with E-state index in [4.69, 9.17) is 9.47 Å². The lowest BCUT2D eigenvalue weighted by molar-refractivity contribution is -0.121. The second-order valence-electron chi connectivity index (χ2n) is 5.22. The van der Waals surface area contributed by atoms with Gasteiger partial charge in [-0.05, 0) is 36.1 Å². The van der Waals surface area contributed by atoms with E-state index in [-0.39, 0.29) is 18.3 Å². The molecule has 0 amide bonds. The number of rotatable bonds is 5. The van der Waals surface area contributed by atoms with Gasteiger partial charge in [0.1, 0.15) is 18.1 Å². The van der Waals surface area contributed by atoms with Crippen molar-refractivity contribution in [1.29, 1.82) is 0 Å². The van der Waals surface area contributed by atoms with Gasteiger partial charge in [-0.25, -0.2) is 0 Å². The van der Waals surface area contributed by atoms with Gasteiger partial charge in [0.05, 0.1) is 6.61 Å². The Kier molecular flexibility index (Phi) is 4.20. The van der Waals surface area contributed by atoms with Crippen LogP contribution in [-0.2, 0) is 4.79 Å². The molecule has 0 aliphatic carbocycles. The second-order valence-corrected chi connectivity index (χ2v) is 5.22. The van der Waals surface area contributed by atoms with Crippen molar-refractivity contribution in [2.24, 2.45) is 0 Å². The molecule has 3 heteroatoms. The number of hydrogen-bond donors (Lipinski definition) is 0. The fourth-order valence-corrected chi connectivity index (χ4v) is 2.64. The fraction of sp³-hybridized carbons (Fsp3) is 0.278. The van der Waals surface area contributed by atoms with Gasteiger partial charge in [0.25, 0.3) is 0 Å². The quantitative estimate of drug-likeness (QED) is 0.840. The van der Waals surface area contributed by atoms with E-state index in [1.54, 1.807) is 0 Å². The predicted octanol–water partition coefficient (Wildman–Crippen LogP) is 3.59. The molecular weight excluding hydrogens is 264 g/mol. The molecule has 0 spiro atoms. The van der Waals surface area contributed by atoms with Crippen LogP contribution >= 0.6 is 0 Å². The van der Waals surface area contributed by atoms with Gasteiger partial charge in [0.2, 0.25) is 0 Å². The molecular formula is C18H18O3. The molecule has 108 valence electrons. The van der Waals surface area contributed by atoms with Crippen LogP contribution in [-0.4, -0.2) is 19.0 Å². The highest BCUT2D eigenvalue weighted by atomic mass is 16.5. The van der Waals surface area contributed by atoms with Gasteiger partial charge in [-0.15, -0.1) is 0 Å². The van der Waals surface area contributed by atoms with Crippen LogP contribution in [0.4, 0.5) is 0 Å². The SMILES string of the molecule is O=C(COc1ccccc1)CC1CCOc2ccccc21. The maximum atomic E-state index is 12.1. The number of fused-ring (bicyclic) bond motifs is 1. The van der Waals surface area contributed by atoms with Crippen LogP contribution in [0, 0.1) is 0 Å². The summed E-state index contributed by atoms with van der Waals surface area (Å²) in [6.45, 7) is 0.804. The fourth-order valence-electron chi connectivity index (χ4n) is 2.64. The minimum atomic E-state index is 0.126. The first-order chi connectivity index (χ1) is 10.3. The zero-order valence-corrected chi connectivity index (χ0v) is 11.8.